The van der Waals surface area contributed by atoms with Crippen LogP contribution in [0.4, 0.5) is 0 Å². The van der Waals surface area contributed by atoms with Gasteiger partial charge in [0.25, 0.3) is 0 Å². The van der Waals surface area contributed by atoms with Gasteiger partial charge in [-0.25, -0.2) is 4.37 Å². The molecule has 3 heteroatoms. The Kier molecular flexibility index (Phi) is 2.00. The van der Waals surface area contributed by atoms with E-state index in [1.54, 1.807) is 7.11 Å². The minimum absolute atomic E-state index is 0.677. The van der Waals surface area contributed by atoms with Crippen molar-refractivity contribution in [2.75, 3.05) is 7.11 Å². The maximum atomic E-state index is 4.85. The van der Waals surface area contributed by atoms with Crippen LogP contribution < -0.4 is 0 Å². The Morgan fingerprint density at radius 2 is 2.75 bits per heavy atom. The van der Waals surface area contributed by atoms with Crippen LogP contribution in [0.2, 0.25) is 0 Å². The molecule has 0 atom stereocenters. The fourth-order valence-electron chi connectivity index (χ4n) is 0.465. The maximum absolute atomic E-state index is 4.85. The van der Waals surface area contributed by atoms with Crippen molar-refractivity contribution >= 4 is 11.5 Å². The van der Waals surface area contributed by atoms with E-state index in [2.05, 4.69) is 4.37 Å². The summed E-state index contributed by atoms with van der Waals surface area (Å²) in [6.45, 7) is 0.677. The van der Waals surface area contributed by atoms with Gasteiger partial charge in [0.05, 0.1) is 6.61 Å². The lowest BCUT2D eigenvalue weighted by molar-refractivity contribution is 0.185. The van der Waals surface area contributed by atoms with Gasteiger partial charge in [-0.3, -0.25) is 0 Å². The smallest absolute Gasteiger partial charge is 0.0736 e. The molecule has 1 rings (SSSR count). The lowest BCUT2D eigenvalue weighted by Crippen LogP contribution is -1.81. The van der Waals surface area contributed by atoms with Gasteiger partial charge in [0.15, 0.2) is 0 Å². The first kappa shape index (κ1) is 5.72. The summed E-state index contributed by atoms with van der Waals surface area (Å²) in [5, 5.41) is 1.98. The molecule has 0 saturated heterocycles. The molecular weight excluding hydrogens is 122 g/mol. The predicted molar refractivity (Wildman–Crippen MR) is 32.8 cm³/mol. The van der Waals surface area contributed by atoms with E-state index in [0.29, 0.717) is 6.61 Å². The second-order valence-corrected chi connectivity index (χ2v) is 2.12. The second kappa shape index (κ2) is 2.79. The van der Waals surface area contributed by atoms with Crippen LogP contribution in [0.1, 0.15) is 5.56 Å². The van der Waals surface area contributed by atoms with Crippen LogP contribution in [0.3, 0.4) is 0 Å². The van der Waals surface area contributed by atoms with Crippen LogP contribution in [-0.4, -0.2) is 11.5 Å². The molecule has 0 amide bonds. The quantitative estimate of drug-likeness (QED) is 0.600. The number of rotatable bonds is 2. The molecule has 44 valence electrons. The summed E-state index contributed by atoms with van der Waals surface area (Å²) < 4.78 is 8.76. The third-order valence-electron chi connectivity index (χ3n) is 0.794. The van der Waals surface area contributed by atoms with Crippen LogP contribution in [0.15, 0.2) is 11.6 Å². The van der Waals surface area contributed by atoms with Gasteiger partial charge in [-0.05, 0) is 11.5 Å². The molecule has 0 aliphatic heterocycles. The Morgan fingerprint density at radius 3 is 3.25 bits per heavy atom. The fourth-order valence-corrected chi connectivity index (χ4v) is 0.986. The summed E-state index contributed by atoms with van der Waals surface area (Å²) >= 11 is 1.45. The van der Waals surface area contributed by atoms with E-state index in [4.69, 9.17) is 4.74 Å². The monoisotopic (exact) mass is 129 g/mol. The normalized spacial score (nSPS) is 9.62. The number of nitrogens with zero attached hydrogens (tertiary/aromatic N) is 1. The Balaban J connectivity index is 2.50. The summed E-state index contributed by atoms with van der Waals surface area (Å²) in [4.78, 5) is 0. The standard InChI is InChI=1S/C5H7NOS/c1-7-3-5-2-6-8-4-5/h2,4H,3H2,1H3. The van der Waals surface area contributed by atoms with Crippen molar-refractivity contribution in [1.29, 1.82) is 0 Å². The fraction of sp³-hybridized carbons (Fsp3) is 0.400. The molecule has 0 aromatic carbocycles. The molecule has 0 radical (unpaired) electrons. The summed E-state index contributed by atoms with van der Waals surface area (Å²) in [6, 6.07) is 0. The molecule has 0 aliphatic rings. The number of aromatic nitrogens is 1. The minimum atomic E-state index is 0.677. The van der Waals surface area contributed by atoms with Crippen LogP contribution in [-0.2, 0) is 11.3 Å². The summed E-state index contributed by atoms with van der Waals surface area (Å²) in [7, 11) is 1.68. The Morgan fingerprint density at radius 1 is 1.88 bits per heavy atom. The van der Waals surface area contributed by atoms with Crippen molar-refractivity contribution in [1.82, 2.24) is 4.37 Å². The highest BCUT2D eigenvalue weighted by Crippen LogP contribution is 2.01. The van der Waals surface area contributed by atoms with Crippen molar-refractivity contribution in [3.63, 3.8) is 0 Å². The van der Waals surface area contributed by atoms with E-state index < -0.39 is 0 Å². The predicted octanol–water partition coefficient (Wildman–Crippen LogP) is 1.29. The molecule has 0 spiro atoms. The van der Waals surface area contributed by atoms with Crippen molar-refractivity contribution in [2.45, 2.75) is 6.61 Å². The largest absolute Gasteiger partial charge is 0.380 e. The number of hydrogen-bond donors (Lipinski definition) is 0. The number of hydrogen-bond acceptors (Lipinski definition) is 3. The highest BCUT2D eigenvalue weighted by molar-refractivity contribution is 7.03. The summed E-state index contributed by atoms with van der Waals surface area (Å²) in [6.07, 6.45) is 1.81. The molecule has 0 bridgehead atoms. The summed E-state index contributed by atoms with van der Waals surface area (Å²) in [5.41, 5.74) is 1.15. The molecule has 0 N–H and O–H groups in total. The highest BCUT2D eigenvalue weighted by atomic mass is 32.1. The van der Waals surface area contributed by atoms with Gasteiger partial charge in [0, 0.05) is 24.3 Å². The molecule has 1 aromatic rings. The third kappa shape index (κ3) is 1.28. The highest BCUT2D eigenvalue weighted by Gasteiger charge is 1.88. The van der Waals surface area contributed by atoms with Gasteiger partial charge < -0.3 is 4.74 Å². The zero-order valence-corrected chi connectivity index (χ0v) is 5.44. The van der Waals surface area contributed by atoms with E-state index in [1.807, 2.05) is 11.6 Å². The van der Waals surface area contributed by atoms with Crippen LogP contribution in [0, 0.1) is 0 Å². The van der Waals surface area contributed by atoms with Crippen molar-refractivity contribution < 1.29 is 4.74 Å². The third-order valence-corrected chi connectivity index (χ3v) is 1.43. The number of ether oxygens (including phenoxy) is 1. The van der Waals surface area contributed by atoms with Crippen LogP contribution >= 0.6 is 11.5 Å². The van der Waals surface area contributed by atoms with Crippen LogP contribution in [0.25, 0.3) is 0 Å². The topological polar surface area (TPSA) is 22.1 Å². The van der Waals surface area contributed by atoms with Gasteiger partial charge in [-0.1, -0.05) is 0 Å². The molecule has 8 heavy (non-hydrogen) atoms. The first-order valence-corrected chi connectivity index (χ1v) is 3.14. The molecule has 0 fully saturated rings. The van der Waals surface area contributed by atoms with E-state index in [-0.39, 0.29) is 0 Å². The minimum Gasteiger partial charge on any atom is -0.380 e. The van der Waals surface area contributed by atoms with Gasteiger partial charge in [-0.15, -0.1) is 0 Å². The Labute approximate surface area is 52.3 Å². The van der Waals surface area contributed by atoms with Gasteiger partial charge >= 0.3 is 0 Å². The van der Waals surface area contributed by atoms with E-state index >= 15 is 0 Å². The molecule has 0 unspecified atom stereocenters. The Bertz CT molecular complexity index is 138. The molecule has 2 nitrogen and oxygen atoms in total. The molecule has 0 saturated carbocycles. The number of methoxy groups -OCH3 is 1. The van der Waals surface area contributed by atoms with Crippen LogP contribution in [0.5, 0.6) is 0 Å². The molecule has 0 aliphatic carbocycles. The first-order chi connectivity index (χ1) is 3.93. The Hall–Kier alpha value is -0.410. The first-order valence-electron chi connectivity index (χ1n) is 2.30. The van der Waals surface area contributed by atoms with Crippen molar-refractivity contribution in [2.24, 2.45) is 0 Å². The second-order valence-electron chi connectivity index (χ2n) is 1.47. The average molecular weight is 129 g/mol. The van der Waals surface area contributed by atoms with E-state index in [1.165, 1.54) is 11.5 Å². The van der Waals surface area contributed by atoms with Gasteiger partial charge in [0.1, 0.15) is 0 Å². The maximum Gasteiger partial charge on any atom is 0.0736 e. The molecule has 1 aromatic heterocycles. The zero-order valence-electron chi connectivity index (χ0n) is 4.63. The lowest BCUT2D eigenvalue weighted by Gasteiger charge is -1.88. The zero-order chi connectivity index (χ0) is 5.82. The van der Waals surface area contributed by atoms with Gasteiger partial charge in [0.2, 0.25) is 0 Å². The molecule has 1 heterocycles. The van der Waals surface area contributed by atoms with Crippen molar-refractivity contribution in [3.8, 4) is 0 Å². The lowest BCUT2D eigenvalue weighted by atomic mass is 10.4. The van der Waals surface area contributed by atoms with E-state index in [0.717, 1.165) is 5.56 Å². The van der Waals surface area contributed by atoms with E-state index in [9.17, 15) is 0 Å². The summed E-state index contributed by atoms with van der Waals surface area (Å²) in [5.74, 6) is 0. The van der Waals surface area contributed by atoms with Gasteiger partial charge in [-0.2, -0.15) is 0 Å². The molecular formula is C5H7NOS. The average Bonchev–Trinajstić information content (AvgIpc) is 2.19. The van der Waals surface area contributed by atoms with Crippen molar-refractivity contribution in [3.05, 3.63) is 17.1 Å². The SMILES string of the molecule is COCc1cnsc1.